The van der Waals surface area contributed by atoms with Crippen LogP contribution in [0.15, 0.2) is 12.3 Å². The first-order chi connectivity index (χ1) is 4.20. The normalized spacial score (nSPS) is 10.7. The Morgan fingerprint density at radius 1 is 1.67 bits per heavy atom. The molecule has 0 atom stereocenters. The Hall–Kier alpha value is -0.930. The van der Waals surface area contributed by atoms with E-state index in [1.54, 1.807) is 6.92 Å². The Bertz CT molecular complexity index is 195. The number of hydrogen-bond donors (Lipinski definition) is 0. The molecule has 0 amide bonds. The average Bonchev–Trinajstić information content (AvgIpc) is 2.14. The van der Waals surface area contributed by atoms with Crippen molar-refractivity contribution in [3.05, 3.63) is 18.0 Å². The van der Waals surface area contributed by atoms with Crippen LogP contribution < -0.4 is 0 Å². The fourth-order valence-electron chi connectivity index (χ4n) is 0.542. The monoisotopic (exact) mass is 132 g/mol. The lowest BCUT2D eigenvalue weighted by Crippen LogP contribution is -1.97. The minimum absolute atomic E-state index is 0.607. The van der Waals surface area contributed by atoms with Crippen LogP contribution in [0.4, 0.5) is 8.78 Å². The van der Waals surface area contributed by atoms with E-state index in [-0.39, 0.29) is 0 Å². The first kappa shape index (κ1) is 6.19. The molecule has 9 heavy (non-hydrogen) atoms. The lowest BCUT2D eigenvalue weighted by molar-refractivity contribution is 0.0563. The summed E-state index contributed by atoms with van der Waals surface area (Å²) in [7, 11) is 0. The third-order valence-corrected chi connectivity index (χ3v) is 0.942. The number of alkyl halides is 2. The Balaban J connectivity index is 2.85. The third-order valence-electron chi connectivity index (χ3n) is 0.942. The highest BCUT2D eigenvalue weighted by Crippen LogP contribution is 2.07. The van der Waals surface area contributed by atoms with Gasteiger partial charge in [0.05, 0.1) is 5.69 Å². The van der Waals surface area contributed by atoms with Gasteiger partial charge in [-0.3, -0.25) is 0 Å². The van der Waals surface area contributed by atoms with E-state index in [2.05, 4.69) is 5.10 Å². The summed E-state index contributed by atoms with van der Waals surface area (Å²) in [5, 5.41) is 3.48. The molecule has 0 bridgehead atoms. The number of aromatic nitrogens is 2. The second-order valence-corrected chi connectivity index (χ2v) is 1.71. The van der Waals surface area contributed by atoms with Gasteiger partial charge in [-0.2, -0.15) is 13.9 Å². The number of hydrogen-bond acceptors (Lipinski definition) is 1. The maximum atomic E-state index is 11.7. The molecule has 0 aromatic carbocycles. The van der Waals surface area contributed by atoms with Gasteiger partial charge in [0.25, 0.3) is 0 Å². The minimum Gasteiger partial charge on any atom is -0.211 e. The van der Waals surface area contributed by atoms with E-state index in [0.717, 1.165) is 0 Å². The second kappa shape index (κ2) is 2.13. The van der Waals surface area contributed by atoms with E-state index in [1.807, 2.05) is 0 Å². The molecular formula is C5H6F2N2. The lowest BCUT2D eigenvalue weighted by atomic mass is 10.5. The zero-order valence-electron chi connectivity index (χ0n) is 4.88. The Labute approximate surface area is 51.1 Å². The molecule has 0 saturated heterocycles. The van der Waals surface area contributed by atoms with Crippen LogP contribution in [0, 0.1) is 6.92 Å². The van der Waals surface area contributed by atoms with Crippen molar-refractivity contribution in [1.29, 1.82) is 0 Å². The van der Waals surface area contributed by atoms with Crippen molar-refractivity contribution in [2.24, 2.45) is 0 Å². The summed E-state index contributed by atoms with van der Waals surface area (Å²) in [6.07, 6.45) is 1.25. The Kier molecular flexibility index (Phi) is 1.46. The van der Waals surface area contributed by atoms with Crippen molar-refractivity contribution in [3.63, 3.8) is 0 Å². The van der Waals surface area contributed by atoms with Crippen molar-refractivity contribution in [1.82, 2.24) is 9.78 Å². The molecule has 0 aliphatic carbocycles. The number of aryl methyl sites for hydroxylation is 1. The van der Waals surface area contributed by atoms with Crippen molar-refractivity contribution in [3.8, 4) is 0 Å². The molecule has 1 heterocycles. The summed E-state index contributed by atoms with van der Waals surface area (Å²) < 4.78 is 24.0. The van der Waals surface area contributed by atoms with E-state index in [9.17, 15) is 8.78 Å². The molecule has 0 unspecified atom stereocenters. The van der Waals surface area contributed by atoms with E-state index in [4.69, 9.17) is 0 Å². The highest BCUT2D eigenvalue weighted by molar-refractivity contribution is 4.94. The molecule has 0 saturated carbocycles. The quantitative estimate of drug-likeness (QED) is 0.567. The molecule has 1 aromatic rings. The van der Waals surface area contributed by atoms with Gasteiger partial charge in [-0.15, -0.1) is 0 Å². The first-order valence-electron chi connectivity index (χ1n) is 2.50. The van der Waals surface area contributed by atoms with Crippen LogP contribution in [0.3, 0.4) is 0 Å². The fourth-order valence-corrected chi connectivity index (χ4v) is 0.542. The lowest BCUT2D eigenvalue weighted by Gasteiger charge is -1.94. The molecule has 1 rings (SSSR count). The zero-order valence-corrected chi connectivity index (χ0v) is 4.88. The molecule has 0 aliphatic heterocycles. The van der Waals surface area contributed by atoms with Crippen molar-refractivity contribution in [2.75, 3.05) is 0 Å². The predicted octanol–water partition coefficient (Wildman–Crippen LogP) is 1.59. The van der Waals surface area contributed by atoms with Gasteiger partial charge in [-0.05, 0) is 13.0 Å². The van der Waals surface area contributed by atoms with Crippen LogP contribution in [0.25, 0.3) is 0 Å². The molecule has 0 fully saturated rings. The SMILES string of the molecule is Cc1ccn(C(F)F)n1. The molecule has 0 N–H and O–H groups in total. The zero-order chi connectivity index (χ0) is 6.85. The summed E-state index contributed by atoms with van der Waals surface area (Å²) in [5.41, 5.74) is 0.607. The van der Waals surface area contributed by atoms with Gasteiger partial charge in [0.15, 0.2) is 0 Å². The number of halogens is 2. The number of nitrogens with zero attached hydrogens (tertiary/aromatic N) is 2. The molecule has 4 heteroatoms. The molecule has 0 radical (unpaired) electrons. The van der Waals surface area contributed by atoms with Crippen LogP contribution in [-0.2, 0) is 0 Å². The van der Waals surface area contributed by atoms with Gasteiger partial charge < -0.3 is 0 Å². The average molecular weight is 132 g/mol. The summed E-state index contributed by atoms with van der Waals surface area (Å²) in [6.45, 7) is -0.850. The van der Waals surface area contributed by atoms with Crippen LogP contribution in [0.1, 0.15) is 12.2 Å². The first-order valence-corrected chi connectivity index (χ1v) is 2.50. The van der Waals surface area contributed by atoms with Crippen LogP contribution in [0.2, 0.25) is 0 Å². The van der Waals surface area contributed by atoms with Gasteiger partial charge in [0, 0.05) is 6.20 Å². The highest BCUT2D eigenvalue weighted by atomic mass is 19.3. The molecule has 2 nitrogen and oxygen atoms in total. The van der Waals surface area contributed by atoms with E-state index >= 15 is 0 Å². The third kappa shape index (κ3) is 1.25. The topological polar surface area (TPSA) is 17.8 Å². The molecule has 0 aliphatic rings. The second-order valence-electron chi connectivity index (χ2n) is 1.71. The smallest absolute Gasteiger partial charge is 0.211 e. The van der Waals surface area contributed by atoms with Crippen LogP contribution in [-0.4, -0.2) is 9.78 Å². The van der Waals surface area contributed by atoms with Crippen LogP contribution >= 0.6 is 0 Å². The van der Waals surface area contributed by atoms with E-state index in [1.165, 1.54) is 12.3 Å². The summed E-state index contributed by atoms with van der Waals surface area (Å²) in [4.78, 5) is 0. The van der Waals surface area contributed by atoms with Crippen molar-refractivity contribution >= 4 is 0 Å². The highest BCUT2D eigenvalue weighted by Gasteiger charge is 2.03. The number of rotatable bonds is 1. The standard InChI is InChI=1S/C5H6F2N2/c1-4-2-3-9(8-4)5(6)7/h2-3,5H,1H3. The molecule has 0 spiro atoms. The maximum Gasteiger partial charge on any atom is 0.333 e. The van der Waals surface area contributed by atoms with Crippen molar-refractivity contribution < 1.29 is 8.78 Å². The Morgan fingerprint density at radius 3 is 2.56 bits per heavy atom. The fraction of sp³-hybridized carbons (Fsp3) is 0.400. The summed E-state index contributed by atoms with van der Waals surface area (Å²) >= 11 is 0. The predicted molar refractivity (Wildman–Crippen MR) is 28.2 cm³/mol. The summed E-state index contributed by atoms with van der Waals surface area (Å²) in [6, 6.07) is 1.53. The molecule has 1 aromatic heterocycles. The van der Waals surface area contributed by atoms with Gasteiger partial charge in [0.2, 0.25) is 0 Å². The largest absolute Gasteiger partial charge is 0.333 e. The van der Waals surface area contributed by atoms with Gasteiger partial charge in [-0.1, -0.05) is 0 Å². The van der Waals surface area contributed by atoms with Gasteiger partial charge in [0.1, 0.15) is 0 Å². The van der Waals surface area contributed by atoms with Gasteiger partial charge >= 0.3 is 6.55 Å². The van der Waals surface area contributed by atoms with E-state index < -0.39 is 6.55 Å². The van der Waals surface area contributed by atoms with Gasteiger partial charge in [-0.25, -0.2) is 4.68 Å². The maximum absolute atomic E-state index is 11.7. The van der Waals surface area contributed by atoms with Crippen molar-refractivity contribution in [2.45, 2.75) is 13.5 Å². The Morgan fingerprint density at radius 2 is 2.33 bits per heavy atom. The summed E-state index contributed by atoms with van der Waals surface area (Å²) in [5.74, 6) is 0. The van der Waals surface area contributed by atoms with Crippen LogP contribution in [0.5, 0.6) is 0 Å². The molecular weight excluding hydrogens is 126 g/mol. The van der Waals surface area contributed by atoms with E-state index in [0.29, 0.717) is 10.4 Å². The molecule has 50 valence electrons. The minimum atomic E-state index is -2.52.